The van der Waals surface area contributed by atoms with E-state index in [-0.39, 0.29) is 6.10 Å². The second-order valence-electron chi connectivity index (χ2n) is 10.4. The number of pyridine rings is 1. The Morgan fingerprint density at radius 3 is 2.60 bits per heavy atom. The molecule has 1 saturated heterocycles. The minimum Gasteiger partial charge on any atom is -0.484 e. The van der Waals surface area contributed by atoms with E-state index in [0.717, 1.165) is 73.1 Å². The number of carbonyl (C=O) groups excluding carboxylic acids is 1. The van der Waals surface area contributed by atoms with E-state index in [2.05, 4.69) is 44.8 Å². The number of imidazole rings is 1. The minimum absolute atomic E-state index is 0.312. The Kier molecular flexibility index (Phi) is 9.02. The molecule has 1 amide bonds. The number of carbonyl (C=O) groups is 1. The number of ether oxygens (including phenoxy) is 1. The lowest BCUT2D eigenvalue weighted by molar-refractivity contribution is 0.0997. The van der Waals surface area contributed by atoms with Crippen LogP contribution < -0.4 is 10.5 Å². The van der Waals surface area contributed by atoms with Crippen molar-refractivity contribution < 1.29 is 9.53 Å². The van der Waals surface area contributed by atoms with Crippen LogP contribution in [0, 0.1) is 0 Å². The Bertz CT molecular complexity index is 1460. The highest BCUT2D eigenvalue weighted by Crippen LogP contribution is 2.38. The molecule has 1 unspecified atom stereocenters. The summed E-state index contributed by atoms with van der Waals surface area (Å²) >= 11 is 7.73. The number of thiophene rings is 1. The predicted molar refractivity (Wildman–Crippen MR) is 161 cm³/mol. The van der Waals surface area contributed by atoms with E-state index in [1.54, 1.807) is 6.33 Å². The smallest absolute Gasteiger partial charge is 0.262 e. The van der Waals surface area contributed by atoms with Gasteiger partial charge in [-0.3, -0.25) is 24.1 Å². The van der Waals surface area contributed by atoms with Crippen molar-refractivity contribution >= 4 is 39.9 Å². The maximum atomic E-state index is 12.4. The molecule has 1 fully saturated rings. The maximum Gasteiger partial charge on any atom is 0.262 e. The number of aromatic nitrogens is 3. The average Bonchev–Trinajstić information content (AvgIpc) is 3.56. The molecule has 11 heteroatoms. The molecular weight excluding hydrogens is 546 g/mol. The number of fused-ring (bicyclic) bond motifs is 1. The van der Waals surface area contributed by atoms with Crippen molar-refractivity contribution in [1.82, 2.24) is 29.2 Å². The first-order valence-corrected chi connectivity index (χ1v) is 14.8. The van der Waals surface area contributed by atoms with Crippen LogP contribution in [0.5, 0.6) is 5.75 Å². The van der Waals surface area contributed by atoms with Gasteiger partial charge in [-0.1, -0.05) is 36.7 Å². The van der Waals surface area contributed by atoms with Crippen molar-refractivity contribution in [3.05, 3.63) is 70.1 Å². The number of benzene rings is 1. The van der Waals surface area contributed by atoms with Gasteiger partial charge in [-0.15, -0.1) is 11.3 Å². The van der Waals surface area contributed by atoms with Gasteiger partial charge in [0.15, 0.2) is 0 Å². The summed E-state index contributed by atoms with van der Waals surface area (Å²) in [5.74, 6) is -0.0840. The first-order valence-electron chi connectivity index (χ1n) is 13.6. The number of halogens is 1. The molecule has 4 aromatic rings. The SMILES string of the molecule is CCC(Oc1cc(-n2cnc3cnc(CN4CCN(CCN(C)C)CC4)cc32)sc1C(N)=O)c1ccccc1Cl. The largest absolute Gasteiger partial charge is 0.484 e. The molecule has 1 aliphatic rings. The van der Waals surface area contributed by atoms with E-state index >= 15 is 0 Å². The molecule has 2 N–H and O–H groups in total. The average molecular weight is 582 g/mol. The molecule has 9 nitrogen and oxygen atoms in total. The molecule has 0 spiro atoms. The summed E-state index contributed by atoms with van der Waals surface area (Å²) < 4.78 is 8.32. The summed E-state index contributed by atoms with van der Waals surface area (Å²) in [4.78, 5) is 29.2. The zero-order valence-corrected chi connectivity index (χ0v) is 24.8. The van der Waals surface area contributed by atoms with Crippen LogP contribution in [-0.4, -0.2) is 88.5 Å². The molecule has 3 aromatic heterocycles. The van der Waals surface area contributed by atoms with Crippen molar-refractivity contribution in [1.29, 1.82) is 0 Å². The monoisotopic (exact) mass is 581 g/mol. The quantitative estimate of drug-likeness (QED) is 0.280. The van der Waals surface area contributed by atoms with E-state index in [1.807, 2.05) is 48.0 Å². The fraction of sp³-hybridized carbons (Fsp3) is 0.414. The van der Waals surface area contributed by atoms with Crippen LogP contribution in [-0.2, 0) is 6.54 Å². The molecule has 0 aliphatic carbocycles. The third-order valence-corrected chi connectivity index (χ3v) is 8.72. The number of nitrogens with two attached hydrogens (primary N) is 1. The van der Waals surface area contributed by atoms with Gasteiger partial charge in [-0.2, -0.15) is 0 Å². The number of primary amides is 1. The zero-order valence-electron chi connectivity index (χ0n) is 23.2. The third-order valence-electron chi connectivity index (χ3n) is 7.24. The second kappa shape index (κ2) is 12.7. The number of hydrogen-bond acceptors (Lipinski definition) is 8. The summed E-state index contributed by atoms with van der Waals surface area (Å²) in [6, 6.07) is 11.5. The Hall–Kier alpha value is -3.02. The fourth-order valence-corrected chi connectivity index (χ4v) is 6.14. The van der Waals surface area contributed by atoms with E-state index in [9.17, 15) is 4.79 Å². The van der Waals surface area contributed by atoms with Gasteiger partial charge in [-0.25, -0.2) is 4.98 Å². The summed E-state index contributed by atoms with van der Waals surface area (Å²) in [6.45, 7) is 9.14. The highest BCUT2D eigenvalue weighted by atomic mass is 35.5. The van der Waals surface area contributed by atoms with Crippen LogP contribution >= 0.6 is 22.9 Å². The molecule has 1 atom stereocenters. The van der Waals surface area contributed by atoms with Crippen molar-refractivity contribution in [2.75, 3.05) is 53.4 Å². The van der Waals surface area contributed by atoms with E-state index in [1.165, 1.54) is 11.3 Å². The highest BCUT2D eigenvalue weighted by Gasteiger charge is 2.23. The number of amides is 1. The molecule has 0 bridgehead atoms. The lowest BCUT2D eigenvalue weighted by atomic mass is 10.1. The maximum absolute atomic E-state index is 12.4. The Balaban J connectivity index is 1.35. The van der Waals surface area contributed by atoms with Gasteiger partial charge in [0.25, 0.3) is 5.91 Å². The molecule has 0 radical (unpaired) electrons. The summed E-state index contributed by atoms with van der Waals surface area (Å²) in [7, 11) is 4.23. The van der Waals surface area contributed by atoms with Crippen LogP contribution in [0.15, 0.2) is 48.9 Å². The van der Waals surface area contributed by atoms with Crippen LogP contribution in [0.2, 0.25) is 5.02 Å². The van der Waals surface area contributed by atoms with Crippen LogP contribution in [0.1, 0.15) is 40.4 Å². The number of likely N-dealkylation sites (N-methyl/N-ethyl adjacent to an activating group) is 1. The second-order valence-corrected chi connectivity index (χ2v) is 11.8. The standard InChI is InChI=1S/C29H36ClN7O2S/c1-4-25(21-7-5-6-8-22(21)30)39-26-16-27(40-28(26)29(31)38)37-19-33-23-17-32-20(15-24(23)37)18-36-13-11-35(12-14-36)10-9-34(2)3/h5-8,15-17,19,25H,4,9-14,18H2,1-3H3,(H2,31,38). The first kappa shape index (κ1) is 28.5. The van der Waals surface area contributed by atoms with Gasteiger partial charge in [0.1, 0.15) is 33.6 Å². The van der Waals surface area contributed by atoms with Crippen molar-refractivity contribution in [2.24, 2.45) is 5.73 Å². The van der Waals surface area contributed by atoms with Crippen LogP contribution in [0.4, 0.5) is 0 Å². The predicted octanol–water partition coefficient (Wildman–Crippen LogP) is 4.44. The normalized spacial score (nSPS) is 15.6. The molecule has 40 heavy (non-hydrogen) atoms. The molecule has 5 rings (SSSR count). The number of nitrogens with zero attached hydrogens (tertiary/aromatic N) is 6. The van der Waals surface area contributed by atoms with Crippen LogP contribution in [0.3, 0.4) is 0 Å². The van der Waals surface area contributed by atoms with E-state index in [4.69, 9.17) is 22.1 Å². The number of piperazine rings is 1. The molecular formula is C29H36ClN7O2S. The molecule has 212 valence electrons. The van der Waals surface area contributed by atoms with Gasteiger partial charge in [-0.05, 0) is 32.6 Å². The van der Waals surface area contributed by atoms with Gasteiger partial charge in [0.2, 0.25) is 0 Å². The third kappa shape index (κ3) is 6.47. The molecule has 1 aliphatic heterocycles. The van der Waals surface area contributed by atoms with Crippen molar-refractivity contribution in [3.8, 4) is 10.8 Å². The van der Waals surface area contributed by atoms with Gasteiger partial charge in [0, 0.05) is 62.5 Å². The van der Waals surface area contributed by atoms with E-state index < -0.39 is 5.91 Å². The summed E-state index contributed by atoms with van der Waals surface area (Å²) in [5, 5.41) is 1.42. The Labute approximate surface area is 244 Å². The topological polar surface area (TPSA) is 92.8 Å². The Morgan fingerprint density at radius 2 is 1.90 bits per heavy atom. The lowest BCUT2D eigenvalue weighted by Crippen LogP contribution is -2.47. The van der Waals surface area contributed by atoms with Crippen molar-refractivity contribution in [3.63, 3.8) is 0 Å². The lowest BCUT2D eigenvalue weighted by Gasteiger charge is -2.35. The minimum atomic E-state index is -0.531. The van der Waals surface area contributed by atoms with Gasteiger partial charge in [0.05, 0.1) is 17.4 Å². The summed E-state index contributed by atoms with van der Waals surface area (Å²) in [5.41, 5.74) is 9.35. The van der Waals surface area contributed by atoms with Gasteiger partial charge < -0.3 is 15.4 Å². The van der Waals surface area contributed by atoms with Crippen molar-refractivity contribution in [2.45, 2.75) is 26.0 Å². The molecule has 4 heterocycles. The molecule has 1 aromatic carbocycles. The zero-order chi connectivity index (χ0) is 28.2. The van der Waals surface area contributed by atoms with Gasteiger partial charge >= 0.3 is 0 Å². The summed E-state index contributed by atoms with van der Waals surface area (Å²) in [6.07, 6.45) is 3.94. The van der Waals surface area contributed by atoms with E-state index in [0.29, 0.717) is 22.1 Å². The highest BCUT2D eigenvalue weighted by molar-refractivity contribution is 7.16. The number of hydrogen-bond donors (Lipinski definition) is 1. The first-order chi connectivity index (χ1) is 19.3. The molecule has 0 saturated carbocycles. The van der Waals surface area contributed by atoms with Crippen LogP contribution in [0.25, 0.3) is 16.0 Å². The Morgan fingerprint density at radius 1 is 1.15 bits per heavy atom. The fourth-order valence-electron chi connectivity index (χ4n) is 4.95. The number of rotatable bonds is 11.